The molecule has 0 unspecified atom stereocenters. The summed E-state index contributed by atoms with van der Waals surface area (Å²) in [7, 11) is 0. The quantitative estimate of drug-likeness (QED) is 0.800. The van der Waals surface area contributed by atoms with Gasteiger partial charge in [0, 0.05) is 26.2 Å². The molecule has 5 heteroatoms. The summed E-state index contributed by atoms with van der Waals surface area (Å²) in [6.45, 7) is 7.22. The topological polar surface area (TPSA) is 53.6 Å². The van der Waals surface area contributed by atoms with Gasteiger partial charge in [-0.3, -0.25) is 9.69 Å². The number of benzene rings is 1. The highest BCUT2D eigenvalue weighted by Crippen LogP contribution is 2.12. The Morgan fingerprint density at radius 2 is 2.00 bits per heavy atom. The van der Waals surface area contributed by atoms with Gasteiger partial charge in [-0.05, 0) is 24.6 Å². The van der Waals surface area contributed by atoms with E-state index in [-0.39, 0.29) is 5.91 Å². The van der Waals surface area contributed by atoms with E-state index in [0.29, 0.717) is 19.7 Å². The van der Waals surface area contributed by atoms with Crippen LogP contribution in [0.2, 0.25) is 0 Å². The maximum absolute atomic E-state index is 11.9. The van der Waals surface area contributed by atoms with E-state index in [1.807, 2.05) is 31.2 Å². The van der Waals surface area contributed by atoms with E-state index in [1.165, 1.54) is 0 Å². The van der Waals surface area contributed by atoms with Crippen LogP contribution in [0.1, 0.15) is 12.5 Å². The number of nitrogens with zero attached hydrogens (tertiary/aromatic N) is 1. The highest BCUT2D eigenvalue weighted by Gasteiger charge is 2.10. The van der Waals surface area contributed by atoms with Crippen LogP contribution in [-0.2, 0) is 11.2 Å². The molecule has 1 amide bonds. The van der Waals surface area contributed by atoms with E-state index < -0.39 is 0 Å². The number of hydrogen-bond donors (Lipinski definition) is 2. The van der Waals surface area contributed by atoms with Crippen molar-refractivity contribution in [1.29, 1.82) is 0 Å². The molecule has 0 spiro atoms. The number of nitrogens with one attached hydrogen (secondary N) is 2. The number of amides is 1. The molecule has 1 fully saturated rings. The number of carbonyl (C=O) groups is 1. The smallest absolute Gasteiger partial charge is 0.225 e. The lowest BCUT2D eigenvalue weighted by Gasteiger charge is -2.27. The second kappa shape index (κ2) is 7.87. The van der Waals surface area contributed by atoms with Crippen LogP contribution >= 0.6 is 0 Å². The lowest BCUT2D eigenvalue weighted by Crippen LogP contribution is -2.48. The average Bonchev–Trinajstić information content (AvgIpc) is 2.49. The van der Waals surface area contributed by atoms with Crippen LogP contribution in [0.5, 0.6) is 5.75 Å². The predicted molar refractivity (Wildman–Crippen MR) is 78.8 cm³/mol. The van der Waals surface area contributed by atoms with Crippen molar-refractivity contribution >= 4 is 5.91 Å². The number of ether oxygens (including phenoxy) is 1. The van der Waals surface area contributed by atoms with E-state index in [4.69, 9.17) is 4.74 Å². The molecule has 0 saturated carbocycles. The number of hydrogen-bond acceptors (Lipinski definition) is 4. The Labute approximate surface area is 120 Å². The average molecular weight is 277 g/mol. The zero-order valence-electron chi connectivity index (χ0n) is 12.0. The van der Waals surface area contributed by atoms with Gasteiger partial charge in [0.05, 0.1) is 19.7 Å². The maximum atomic E-state index is 11.9. The summed E-state index contributed by atoms with van der Waals surface area (Å²) in [5.41, 5.74) is 1.01. The van der Waals surface area contributed by atoms with E-state index in [0.717, 1.165) is 37.5 Å². The molecular formula is C15H23N3O2. The second-order valence-corrected chi connectivity index (χ2v) is 4.88. The third-order valence-corrected chi connectivity index (χ3v) is 3.31. The van der Waals surface area contributed by atoms with Gasteiger partial charge in [-0.1, -0.05) is 12.1 Å². The normalized spacial score (nSPS) is 15.8. The van der Waals surface area contributed by atoms with E-state index >= 15 is 0 Å². The van der Waals surface area contributed by atoms with Crippen LogP contribution in [0.3, 0.4) is 0 Å². The minimum atomic E-state index is 0.0627. The van der Waals surface area contributed by atoms with Gasteiger partial charge in [-0.25, -0.2) is 0 Å². The van der Waals surface area contributed by atoms with Crippen LogP contribution < -0.4 is 15.4 Å². The third kappa shape index (κ3) is 4.83. The van der Waals surface area contributed by atoms with Gasteiger partial charge in [0.2, 0.25) is 5.91 Å². The van der Waals surface area contributed by atoms with Crippen molar-refractivity contribution in [1.82, 2.24) is 15.5 Å². The van der Waals surface area contributed by atoms with Crippen LogP contribution in [0.25, 0.3) is 0 Å². The lowest BCUT2D eigenvalue weighted by molar-refractivity contribution is -0.121. The summed E-state index contributed by atoms with van der Waals surface area (Å²) >= 11 is 0. The molecule has 20 heavy (non-hydrogen) atoms. The van der Waals surface area contributed by atoms with Crippen molar-refractivity contribution in [2.45, 2.75) is 13.3 Å². The largest absolute Gasteiger partial charge is 0.494 e. The molecule has 1 aromatic carbocycles. The molecule has 5 nitrogen and oxygen atoms in total. The first-order valence-corrected chi connectivity index (χ1v) is 7.19. The fourth-order valence-electron chi connectivity index (χ4n) is 2.19. The van der Waals surface area contributed by atoms with Crippen molar-refractivity contribution in [3.63, 3.8) is 0 Å². The Morgan fingerprint density at radius 3 is 2.65 bits per heavy atom. The molecule has 1 aromatic rings. The minimum Gasteiger partial charge on any atom is -0.494 e. The van der Waals surface area contributed by atoms with Crippen LogP contribution in [0.15, 0.2) is 24.3 Å². The van der Waals surface area contributed by atoms with Crippen molar-refractivity contribution < 1.29 is 9.53 Å². The molecule has 0 radical (unpaired) electrons. The highest BCUT2D eigenvalue weighted by atomic mass is 16.5. The van der Waals surface area contributed by atoms with Crippen molar-refractivity contribution in [3.8, 4) is 5.75 Å². The second-order valence-electron chi connectivity index (χ2n) is 4.88. The van der Waals surface area contributed by atoms with Gasteiger partial charge in [0.1, 0.15) is 5.75 Å². The van der Waals surface area contributed by atoms with Crippen LogP contribution in [-0.4, -0.2) is 50.3 Å². The molecule has 0 aliphatic carbocycles. The number of piperazine rings is 1. The summed E-state index contributed by atoms with van der Waals surface area (Å²) in [5.74, 6) is 0.908. The fraction of sp³-hybridized carbons (Fsp3) is 0.533. The van der Waals surface area contributed by atoms with Crippen LogP contribution in [0.4, 0.5) is 0 Å². The van der Waals surface area contributed by atoms with Gasteiger partial charge in [0.25, 0.3) is 0 Å². The summed E-state index contributed by atoms with van der Waals surface area (Å²) in [5, 5.41) is 6.26. The molecular weight excluding hydrogens is 254 g/mol. The van der Waals surface area contributed by atoms with Crippen LogP contribution in [0, 0.1) is 0 Å². The standard InChI is InChI=1S/C15H23N3O2/c1-2-20-14-5-3-13(4-6-14)11-15(19)17-12-18-9-7-16-8-10-18/h3-6,16H,2,7-12H2,1H3,(H,17,19). The Balaban J connectivity index is 1.73. The fourth-order valence-corrected chi connectivity index (χ4v) is 2.19. The van der Waals surface area contributed by atoms with Gasteiger partial charge >= 0.3 is 0 Å². The molecule has 110 valence electrons. The lowest BCUT2D eigenvalue weighted by atomic mass is 10.1. The van der Waals surface area contributed by atoms with E-state index in [1.54, 1.807) is 0 Å². The van der Waals surface area contributed by atoms with Gasteiger partial charge < -0.3 is 15.4 Å². The Hall–Kier alpha value is -1.59. The zero-order chi connectivity index (χ0) is 14.2. The van der Waals surface area contributed by atoms with Crippen molar-refractivity contribution in [3.05, 3.63) is 29.8 Å². The van der Waals surface area contributed by atoms with E-state index in [2.05, 4.69) is 15.5 Å². The molecule has 0 atom stereocenters. The molecule has 0 bridgehead atoms. The predicted octanol–water partition coefficient (Wildman–Crippen LogP) is 0.607. The molecule has 1 heterocycles. The Morgan fingerprint density at radius 1 is 1.30 bits per heavy atom. The summed E-state index contributed by atoms with van der Waals surface area (Å²) in [6, 6.07) is 7.69. The number of carbonyl (C=O) groups excluding carboxylic acids is 1. The summed E-state index contributed by atoms with van der Waals surface area (Å²) < 4.78 is 5.38. The highest BCUT2D eigenvalue weighted by molar-refractivity contribution is 5.78. The minimum absolute atomic E-state index is 0.0627. The van der Waals surface area contributed by atoms with Gasteiger partial charge in [0.15, 0.2) is 0 Å². The zero-order valence-corrected chi connectivity index (χ0v) is 12.0. The first kappa shape index (κ1) is 14.8. The van der Waals surface area contributed by atoms with Gasteiger partial charge in [-0.15, -0.1) is 0 Å². The molecule has 2 rings (SSSR count). The first-order chi connectivity index (χ1) is 9.78. The summed E-state index contributed by atoms with van der Waals surface area (Å²) in [6.07, 6.45) is 0.415. The molecule has 0 aromatic heterocycles. The monoisotopic (exact) mass is 277 g/mol. The summed E-state index contributed by atoms with van der Waals surface area (Å²) in [4.78, 5) is 14.1. The Kier molecular flexibility index (Phi) is 5.83. The molecule has 1 saturated heterocycles. The van der Waals surface area contributed by atoms with Crippen molar-refractivity contribution in [2.24, 2.45) is 0 Å². The third-order valence-electron chi connectivity index (χ3n) is 3.31. The first-order valence-electron chi connectivity index (χ1n) is 7.19. The van der Waals surface area contributed by atoms with Gasteiger partial charge in [-0.2, -0.15) is 0 Å². The molecule has 2 N–H and O–H groups in total. The number of rotatable bonds is 6. The Bertz CT molecular complexity index is 414. The maximum Gasteiger partial charge on any atom is 0.225 e. The molecule has 1 aliphatic rings. The SMILES string of the molecule is CCOc1ccc(CC(=O)NCN2CCNCC2)cc1. The van der Waals surface area contributed by atoms with Crippen molar-refractivity contribution in [2.75, 3.05) is 39.5 Å². The molecule has 1 aliphatic heterocycles. The van der Waals surface area contributed by atoms with E-state index in [9.17, 15) is 4.79 Å².